The highest BCUT2D eigenvalue weighted by Gasteiger charge is 2.50. The molecule has 0 unspecified atom stereocenters. The number of carbonyl (C=O) groups is 2. The molecule has 2 aliphatic heterocycles. The number of pyridine rings is 2. The molecule has 10 rings (SSSR count). The lowest BCUT2D eigenvalue weighted by atomic mass is 9.84. The van der Waals surface area contributed by atoms with Crippen LogP contribution in [0.1, 0.15) is 98.3 Å². The van der Waals surface area contributed by atoms with Crippen molar-refractivity contribution >= 4 is 33.7 Å². The summed E-state index contributed by atoms with van der Waals surface area (Å²) in [7, 11) is 0. The first kappa shape index (κ1) is 33.9. The molecule has 2 saturated carbocycles. The van der Waals surface area contributed by atoms with Crippen molar-refractivity contribution in [1.29, 1.82) is 0 Å². The van der Waals surface area contributed by atoms with Gasteiger partial charge in [-0.3, -0.25) is 19.0 Å². The minimum Gasteiger partial charge on any atom is -0.477 e. The van der Waals surface area contributed by atoms with Crippen molar-refractivity contribution in [2.75, 3.05) is 0 Å². The monoisotopic (exact) mass is 734 g/mol. The number of hydrogen-bond acceptors (Lipinski definition) is 6. The molecule has 2 aromatic carbocycles. The molecule has 4 aromatic heterocycles. The zero-order valence-electron chi connectivity index (χ0n) is 29.9. The van der Waals surface area contributed by atoms with Crippen LogP contribution in [0.5, 0.6) is 0 Å². The van der Waals surface area contributed by atoms with Crippen LogP contribution < -0.4 is 10.9 Å². The fourth-order valence-electron chi connectivity index (χ4n) is 9.76. The van der Waals surface area contributed by atoms with Crippen molar-refractivity contribution < 1.29 is 28.6 Å². The third-order valence-electron chi connectivity index (χ3n) is 12.2. The molecular formula is C40H36F2N6O6. The number of aromatic nitrogens is 6. The van der Waals surface area contributed by atoms with Gasteiger partial charge in [0.05, 0.1) is 46.9 Å². The number of fused-ring (bicyclic) bond motifs is 16. The van der Waals surface area contributed by atoms with Gasteiger partial charge in [0.1, 0.15) is 22.2 Å². The van der Waals surface area contributed by atoms with E-state index in [1.165, 1.54) is 36.7 Å². The van der Waals surface area contributed by atoms with Crippen LogP contribution in [-0.2, 0) is 0 Å². The molecule has 0 amide bonds. The summed E-state index contributed by atoms with van der Waals surface area (Å²) in [5.74, 6) is -3.28. The second-order valence-electron chi connectivity index (χ2n) is 16.2. The van der Waals surface area contributed by atoms with E-state index in [0.717, 1.165) is 25.7 Å². The lowest BCUT2D eigenvalue weighted by Gasteiger charge is -2.39. The summed E-state index contributed by atoms with van der Waals surface area (Å²) in [4.78, 5) is 47.9. The van der Waals surface area contributed by atoms with Crippen LogP contribution >= 0.6 is 0 Å². The van der Waals surface area contributed by atoms with Crippen molar-refractivity contribution in [2.24, 2.45) is 10.8 Å². The Bertz CT molecular complexity index is 2570. The normalized spacial score (nSPS) is 22.3. The summed E-state index contributed by atoms with van der Waals surface area (Å²) >= 11 is 0. The van der Waals surface area contributed by atoms with Crippen LogP contribution in [0.25, 0.3) is 44.6 Å². The zero-order chi connectivity index (χ0) is 38.2. The molecule has 6 aromatic rings. The van der Waals surface area contributed by atoms with Crippen LogP contribution in [0.3, 0.4) is 0 Å². The molecule has 0 radical (unpaired) electrons. The van der Waals surface area contributed by atoms with Crippen molar-refractivity contribution in [3.63, 3.8) is 0 Å². The Hall–Kier alpha value is -5.92. The smallest absolute Gasteiger partial charge is 0.341 e. The molecule has 2 fully saturated rings. The second kappa shape index (κ2) is 11.3. The van der Waals surface area contributed by atoms with Crippen molar-refractivity contribution in [3.05, 3.63) is 104 Å². The van der Waals surface area contributed by atoms with E-state index in [-0.39, 0.29) is 57.2 Å². The Kier molecular flexibility index (Phi) is 7.09. The predicted molar refractivity (Wildman–Crippen MR) is 195 cm³/mol. The third kappa shape index (κ3) is 4.64. The first-order valence-corrected chi connectivity index (χ1v) is 17.9. The maximum atomic E-state index is 14.4. The van der Waals surface area contributed by atoms with E-state index in [0.29, 0.717) is 33.5 Å². The summed E-state index contributed by atoms with van der Waals surface area (Å²) in [5.41, 5.74) is 1.27. The van der Waals surface area contributed by atoms with E-state index < -0.39 is 34.4 Å². The fraction of sp³-hybridized carbons (Fsp3) is 0.350. The van der Waals surface area contributed by atoms with Gasteiger partial charge in [0.15, 0.2) is 22.5 Å². The first-order chi connectivity index (χ1) is 25.6. The summed E-state index contributed by atoms with van der Waals surface area (Å²) < 4.78 is 36.3. The van der Waals surface area contributed by atoms with Gasteiger partial charge < -0.3 is 19.3 Å². The number of hydrogen-bond donors (Lipinski definition) is 2. The number of rotatable bonds is 2. The average molecular weight is 735 g/mol. The first-order valence-electron chi connectivity index (χ1n) is 17.9. The van der Waals surface area contributed by atoms with Gasteiger partial charge in [0.2, 0.25) is 0 Å². The topological polar surface area (TPSA) is 154 Å². The number of halogens is 2. The molecule has 2 N–H and O–H groups in total. The van der Waals surface area contributed by atoms with Crippen LogP contribution in [0.15, 0.2) is 70.5 Å². The summed E-state index contributed by atoms with van der Waals surface area (Å²) in [6, 6.07) is 12.1. The number of carboxylic acids is 2. The van der Waals surface area contributed by atoms with E-state index >= 15 is 0 Å². The molecule has 4 atom stereocenters. The molecule has 0 saturated heterocycles. The van der Waals surface area contributed by atoms with Crippen LogP contribution in [-0.4, -0.2) is 50.8 Å². The fourth-order valence-corrected chi connectivity index (χ4v) is 9.76. The number of nitrogens with zero attached hydrogens (tertiary/aromatic N) is 6. The van der Waals surface area contributed by atoms with Gasteiger partial charge in [-0.1, -0.05) is 52.0 Å². The van der Waals surface area contributed by atoms with Crippen LogP contribution in [0.2, 0.25) is 0 Å². The maximum absolute atomic E-state index is 14.4. The van der Waals surface area contributed by atoms with Gasteiger partial charge in [-0.15, -0.1) is 0 Å². The molecule has 0 bridgehead atoms. The SMILES string of the molecule is CC1(C)CC[C@@H]2[C@H]1n1cc(C(=O)O)c(=O)cc1-c1c3cccc(F)c3nn12.CC1(C)CC[C@H]2[C@@H]1n1cc(C(=O)O)c(=O)cc1-c1c3cccc(F)c3nn12. The second-order valence-corrected chi connectivity index (χ2v) is 16.2. The Balaban J connectivity index is 0.000000142. The highest BCUT2D eigenvalue weighted by molar-refractivity contribution is 5.95. The summed E-state index contributed by atoms with van der Waals surface area (Å²) in [6.07, 6.45) is 6.46. The van der Waals surface area contributed by atoms with Gasteiger partial charge in [-0.2, -0.15) is 10.2 Å². The highest BCUT2D eigenvalue weighted by atomic mass is 19.1. The average Bonchev–Trinajstić information content (AvgIpc) is 3.86. The molecular weight excluding hydrogens is 698 g/mol. The molecule has 14 heteroatoms. The number of aromatic carboxylic acids is 2. The number of carboxylic acid groups (broad SMARTS) is 2. The van der Waals surface area contributed by atoms with Crippen molar-refractivity contribution in [2.45, 2.75) is 77.5 Å². The largest absolute Gasteiger partial charge is 0.477 e. The van der Waals surface area contributed by atoms with E-state index in [1.54, 1.807) is 24.3 Å². The van der Waals surface area contributed by atoms with Gasteiger partial charge >= 0.3 is 11.9 Å². The zero-order valence-corrected chi connectivity index (χ0v) is 29.9. The third-order valence-corrected chi connectivity index (χ3v) is 12.2. The lowest BCUT2D eigenvalue weighted by Crippen LogP contribution is -2.35. The van der Waals surface area contributed by atoms with Gasteiger partial charge in [-0.05, 0) is 48.6 Å². The van der Waals surface area contributed by atoms with Crippen molar-refractivity contribution in [3.8, 4) is 22.8 Å². The molecule has 12 nitrogen and oxygen atoms in total. The maximum Gasteiger partial charge on any atom is 0.341 e. The Labute approximate surface area is 305 Å². The van der Waals surface area contributed by atoms with E-state index in [9.17, 15) is 38.2 Å². The standard InChI is InChI=1S/2C20H18FN3O3/c2*1-20(2)7-6-13-18(20)23-9-11(19(26)27)15(25)8-14(23)17-10-4-3-5-12(21)16(10)22-24(13)17/h2*3-5,8-9,13,18H,6-7H2,1-2H3,(H,26,27)/t2*13-,18-/m10/s1. The number of benzene rings is 2. The predicted octanol–water partition coefficient (Wildman–Crippen LogP) is 7.24. The summed E-state index contributed by atoms with van der Waals surface area (Å²) in [6.45, 7) is 8.53. The Morgan fingerprint density at radius 3 is 1.44 bits per heavy atom. The minimum absolute atomic E-state index is 0.0153. The van der Waals surface area contributed by atoms with Gasteiger partial charge in [0.25, 0.3) is 0 Å². The minimum atomic E-state index is -1.24. The van der Waals surface area contributed by atoms with Gasteiger partial charge in [0, 0.05) is 35.3 Å². The van der Waals surface area contributed by atoms with E-state index in [4.69, 9.17) is 0 Å². The molecule has 4 aliphatic rings. The van der Waals surface area contributed by atoms with Crippen LogP contribution in [0, 0.1) is 22.5 Å². The van der Waals surface area contributed by atoms with Crippen molar-refractivity contribution in [1.82, 2.24) is 28.7 Å². The molecule has 0 spiro atoms. The van der Waals surface area contributed by atoms with Crippen LogP contribution in [0.4, 0.5) is 8.78 Å². The summed E-state index contributed by atoms with van der Waals surface area (Å²) in [5, 5.41) is 29.2. The Morgan fingerprint density at radius 2 is 1.07 bits per heavy atom. The molecule has 6 heterocycles. The highest BCUT2D eigenvalue weighted by Crippen LogP contribution is 2.58. The molecule has 2 aliphatic carbocycles. The van der Waals surface area contributed by atoms with E-state index in [2.05, 4.69) is 37.9 Å². The Morgan fingerprint density at radius 1 is 0.685 bits per heavy atom. The van der Waals surface area contributed by atoms with E-state index in [1.807, 2.05) is 18.5 Å². The molecule has 276 valence electrons. The van der Waals surface area contributed by atoms with Gasteiger partial charge in [-0.25, -0.2) is 18.4 Å². The quantitative estimate of drug-likeness (QED) is 0.189. The molecule has 54 heavy (non-hydrogen) atoms. The lowest BCUT2D eigenvalue weighted by molar-refractivity contribution is 0.0682.